The highest BCUT2D eigenvalue weighted by atomic mass is 16.5. The predicted molar refractivity (Wildman–Crippen MR) is 121 cm³/mol. The Kier molecular flexibility index (Phi) is 5.71. The average Bonchev–Trinajstić information content (AvgIpc) is 3.18. The molecule has 0 aliphatic heterocycles. The first-order chi connectivity index (χ1) is 15.1. The van der Waals surface area contributed by atoms with Gasteiger partial charge in [0.2, 0.25) is 5.76 Å². The maximum atomic E-state index is 13.0. The number of hydrogen-bond acceptors (Lipinski definition) is 4. The number of hydrogen-bond donors (Lipinski definition) is 2. The molecule has 4 aromatic rings. The molecule has 0 aliphatic carbocycles. The quantitative estimate of drug-likeness (QED) is 0.436. The minimum atomic E-state index is -0.439. The van der Waals surface area contributed by atoms with Crippen molar-refractivity contribution in [3.8, 4) is 5.75 Å². The van der Waals surface area contributed by atoms with E-state index in [1.54, 1.807) is 43.5 Å². The monoisotopic (exact) mass is 414 g/mol. The van der Waals surface area contributed by atoms with Crippen LogP contribution in [0.2, 0.25) is 0 Å². The van der Waals surface area contributed by atoms with Crippen LogP contribution in [-0.2, 0) is 6.42 Å². The molecule has 31 heavy (non-hydrogen) atoms. The average molecular weight is 414 g/mol. The SMILES string of the molecule is CCc1ccc(NC(=O)c2oc3ccccc3c2NC(=O)c2ccc(OC)cc2)cc1. The molecular weight excluding hydrogens is 392 g/mol. The van der Waals surface area contributed by atoms with Crippen LogP contribution in [0.1, 0.15) is 33.4 Å². The molecule has 0 bridgehead atoms. The fraction of sp³-hybridized carbons (Fsp3) is 0.120. The number of rotatable bonds is 6. The molecule has 0 saturated heterocycles. The summed E-state index contributed by atoms with van der Waals surface area (Å²) in [7, 11) is 1.56. The Bertz CT molecular complexity index is 1220. The van der Waals surface area contributed by atoms with Crippen molar-refractivity contribution in [3.63, 3.8) is 0 Å². The molecule has 0 unspecified atom stereocenters. The van der Waals surface area contributed by atoms with Crippen LogP contribution in [0.15, 0.2) is 77.2 Å². The van der Waals surface area contributed by atoms with Crippen molar-refractivity contribution in [3.05, 3.63) is 89.7 Å². The summed E-state index contributed by atoms with van der Waals surface area (Å²) < 4.78 is 10.9. The lowest BCUT2D eigenvalue weighted by molar-refractivity contribution is 0.0999. The van der Waals surface area contributed by atoms with E-state index >= 15 is 0 Å². The number of furan rings is 1. The van der Waals surface area contributed by atoms with Crippen molar-refractivity contribution in [1.82, 2.24) is 0 Å². The third-order valence-electron chi connectivity index (χ3n) is 5.01. The predicted octanol–water partition coefficient (Wildman–Crippen LogP) is 5.51. The van der Waals surface area contributed by atoms with Crippen LogP contribution in [0.25, 0.3) is 11.0 Å². The normalized spacial score (nSPS) is 10.6. The smallest absolute Gasteiger partial charge is 0.293 e. The van der Waals surface area contributed by atoms with E-state index in [1.807, 2.05) is 36.4 Å². The van der Waals surface area contributed by atoms with Crippen molar-refractivity contribution < 1.29 is 18.7 Å². The van der Waals surface area contributed by atoms with Crippen LogP contribution >= 0.6 is 0 Å². The Labute approximate surface area is 179 Å². The Balaban J connectivity index is 1.64. The summed E-state index contributed by atoms with van der Waals surface area (Å²) >= 11 is 0. The lowest BCUT2D eigenvalue weighted by Crippen LogP contribution is -2.17. The molecule has 1 heterocycles. The zero-order valence-electron chi connectivity index (χ0n) is 17.3. The van der Waals surface area contributed by atoms with E-state index in [9.17, 15) is 9.59 Å². The number of ether oxygens (including phenoxy) is 1. The second-order valence-electron chi connectivity index (χ2n) is 6.99. The Morgan fingerprint density at radius 2 is 1.58 bits per heavy atom. The molecule has 2 amide bonds. The van der Waals surface area contributed by atoms with Gasteiger partial charge in [0, 0.05) is 16.6 Å². The maximum Gasteiger partial charge on any atom is 0.293 e. The molecule has 2 N–H and O–H groups in total. The summed E-state index contributed by atoms with van der Waals surface area (Å²) in [5, 5.41) is 6.33. The van der Waals surface area contributed by atoms with Gasteiger partial charge in [0.05, 0.1) is 7.11 Å². The van der Waals surface area contributed by atoms with E-state index in [4.69, 9.17) is 9.15 Å². The van der Waals surface area contributed by atoms with Crippen molar-refractivity contribution in [2.24, 2.45) is 0 Å². The second-order valence-corrected chi connectivity index (χ2v) is 6.99. The molecule has 0 atom stereocenters. The summed E-state index contributed by atoms with van der Waals surface area (Å²) in [6.07, 6.45) is 0.916. The highest BCUT2D eigenvalue weighted by molar-refractivity contribution is 6.16. The van der Waals surface area contributed by atoms with E-state index in [0.29, 0.717) is 33.7 Å². The van der Waals surface area contributed by atoms with Gasteiger partial charge in [-0.15, -0.1) is 0 Å². The minimum Gasteiger partial charge on any atom is -0.497 e. The first-order valence-corrected chi connectivity index (χ1v) is 9.96. The van der Waals surface area contributed by atoms with E-state index < -0.39 is 5.91 Å². The Morgan fingerprint density at radius 1 is 0.871 bits per heavy atom. The van der Waals surface area contributed by atoms with Crippen LogP contribution < -0.4 is 15.4 Å². The zero-order valence-corrected chi connectivity index (χ0v) is 17.3. The number of para-hydroxylation sites is 1. The van der Waals surface area contributed by atoms with Gasteiger partial charge < -0.3 is 19.8 Å². The fourth-order valence-electron chi connectivity index (χ4n) is 3.27. The number of amides is 2. The summed E-state index contributed by atoms with van der Waals surface area (Å²) in [6, 6.07) is 21.5. The first kappa shape index (κ1) is 20.2. The molecule has 0 aliphatic rings. The Morgan fingerprint density at radius 3 is 2.26 bits per heavy atom. The van der Waals surface area contributed by atoms with Gasteiger partial charge in [-0.25, -0.2) is 0 Å². The highest BCUT2D eigenvalue weighted by Gasteiger charge is 2.23. The molecule has 156 valence electrons. The van der Waals surface area contributed by atoms with Gasteiger partial charge >= 0.3 is 0 Å². The summed E-state index contributed by atoms with van der Waals surface area (Å²) in [6.45, 7) is 2.07. The zero-order chi connectivity index (χ0) is 21.8. The maximum absolute atomic E-state index is 13.0. The van der Waals surface area contributed by atoms with Gasteiger partial charge in [0.25, 0.3) is 11.8 Å². The van der Waals surface area contributed by atoms with Crippen molar-refractivity contribution in [2.45, 2.75) is 13.3 Å². The number of fused-ring (bicyclic) bond motifs is 1. The summed E-state index contributed by atoms with van der Waals surface area (Å²) in [5.41, 5.74) is 3.11. The van der Waals surface area contributed by atoms with Crippen molar-refractivity contribution in [1.29, 1.82) is 0 Å². The molecule has 4 rings (SSSR count). The van der Waals surface area contributed by atoms with Crippen LogP contribution in [0, 0.1) is 0 Å². The fourth-order valence-corrected chi connectivity index (χ4v) is 3.27. The lowest BCUT2D eigenvalue weighted by atomic mass is 10.1. The number of methoxy groups -OCH3 is 1. The third kappa shape index (κ3) is 4.28. The van der Waals surface area contributed by atoms with Crippen LogP contribution in [0.3, 0.4) is 0 Å². The number of nitrogens with one attached hydrogen (secondary N) is 2. The molecule has 0 fully saturated rings. The van der Waals surface area contributed by atoms with Crippen LogP contribution in [-0.4, -0.2) is 18.9 Å². The number of carbonyl (C=O) groups excluding carboxylic acids is 2. The Hall–Kier alpha value is -4.06. The number of aryl methyl sites for hydroxylation is 1. The molecule has 6 heteroatoms. The largest absolute Gasteiger partial charge is 0.497 e. The van der Waals surface area contributed by atoms with Crippen molar-refractivity contribution >= 4 is 34.2 Å². The van der Waals surface area contributed by atoms with Crippen LogP contribution in [0.5, 0.6) is 5.75 Å². The van der Waals surface area contributed by atoms with E-state index in [2.05, 4.69) is 17.6 Å². The first-order valence-electron chi connectivity index (χ1n) is 9.96. The van der Waals surface area contributed by atoms with Gasteiger partial charge in [-0.1, -0.05) is 31.2 Å². The molecule has 0 radical (unpaired) electrons. The molecule has 0 spiro atoms. The topological polar surface area (TPSA) is 80.6 Å². The van der Waals surface area contributed by atoms with Gasteiger partial charge in [-0.2, -0.15) is 0 Å². The number of anilines is 2. The molecule has 0 saturated carbocycles. The minimum absolute atomic E-state index is 0.0441. The van der Waals surface area contributed by atoms with Crippen LogP contribution in [0.4, 0.5) is 11.4 Å². The van der Waals surface area contributed by atoms with E-state index in [1.165, 1.54) is 5.56 Å². The molecule has 6 nitrogen and oxygen atoms in total. The van der Waals surface area contributed by atoms with Crippen molar-refractivity contribution in [2.75, 3.05) is 17.7 Å². The van der Waals surface area contributed by atoms with Gasteiger partial charge in [0.1, 0.15) is 17.0 Å². The summed E-state index contributed by atoms with van der Waals surface area (Å²) in [4.78, 5) is 25.8. The van der Waals surface area contributed by atoms with E-state index in [0.717, 1.165) is 6.42 Å². The van der Waals surface area contributed by atoms with Gasteiger partial charge in [-0.3, -0.25) is 9.59 Å². The molecule has 1 aromatic heterocycles. The standard InChI is InChI=1S/C25H22N2O4/c1-3-16-8-12-18(13-9-16)26-25(29)23-22(20-6-4-5-7-21(20)31-23)27-24(28)17-10-14-19(30-2)15-11-17/h4-15H,3H2,1-2H3,(H,26,29)(H,27,28). The molecule has 3 aromatic carbocycles. The van der Waals surface area contributed by atoms with Gasteiger partial charge in [0.15, 0.2) is 0 Å². The third-order valence-corrected chi connectivity index (χ3v) is 5.01. The second kappa shape index (κ2) is 8.75. The molecular formula is C25H22N2O4. The summed E-state index contributed by atoms with van der Waals surface area (Å²) in [5.74, 6) is -0.0943. The number of carbonyl (C=O) groups is 2. The highest BCUT2D eigenvalue weighted by Crippen LogP contribution is 2.32. The lowest BCUT2D eigenvalue weighted by Gasteiger charge is -2.08. The van der Waals surface area contributed by atoms with E-state index in [-0.39, 0.29) is 11.7 Å². The number of benzene rings is 3. The van der Waals surface area contributed by atoms with Gasteiger partial charge in [-0.05, 0) is 60.5 Å².